The van der Waals surface area contributed by atoms with Gasteiger partial charge in [0.05, 0.1) is 19.7 Å². The van der Waals surface area contributed by atoms with E-state index in [1.165, 1.54) is 0 Å². The lowest BCUT2D eigenvalue weighted by Crippen LogP contribution is -2.38. The van der Waals surface area contributed by atoms with Gasteiger partial charge < -0.3 is 25.5 Å². The predicted molar refractivity (Wildman–Crippen MR) is 112 cm³/mol. The molecule has 0 spiro atoms. The molecule has 4 N–H and O–H groups in total. The first-order chi connectivity index (χ1) is 11.9. The highest BCUT2D eigenvalue weighted by atomic mass is 127. The molecule has 0 fully saturated rings. The third kappa shape index (κ3) is 5.65. The van der Waals surface area contributed by atoms with Gasteiger partial charge in [-0.05, 0) is 32.0 Å². The number of rotatable bonds is 6. The Hall–Kier alpha value is -2.23. The van der Waals surface area contributed by atoms with Crippen molar-refractivity contribution in [3.63, 3.8) is 0 Å². The number of nitrogens with two attached hydrogens (primary N) is 1. The van der Waals surface area contributed by atoms with Crippen LogP contribution in [0.25, 0.3) is 0 Å². The molecule has 26 heavy (non-hydrogen) atoms. The number of halogens is 1. The Morgan fingerprint density at radius 1 is 1.35 bits per heavy atom. The van der Waals surface area contributed by atoms with E-state index in [1.54, 1.807) is 26.3 Å². The molecule has 8 heteroatoms. The normalized spacial score (nSPS) is 12.1. The van der Waals surface area contributed by atoms with Gasteiger partial charge in [-0.1, -0.05) is 17.7 Å². The van der Waals surface area contributed by atoms with Crippen LogP contribution in [0.3, 0.4) is 0 Å². The maximum atomic E-state index is 11.1. The van der Waals surface area contributed by atoms with Crippen LogP contribution >= 0.6 is 24.0 Å². The standard InChI is InChI=1S/C18H24N4O3.HI/c1-11-5-7-15(24-4)14(9-11)12(2)22-18(20-3)21-10-13-6-8-16(25-13)17(19)23;/h5-9,12H,10H2,1-4H3,(H2,19,23)(H2,20,21,22);1H. The number of furan rings is 1. The molecular weight excluding hydrogens is 447 g/mol. The number of hydrogen-bond donors (Lipinski definition) is 3. The highest BCUT2D eigenvalue weighted by Crippen LogP contribution is 2.25. The van der Waals surface area contributed by atoms with E-state index in [0.717, 1.165) is 16.9 Å². The minimum Gasteiger partial charge on any atom is -0.496 e. The topological polar surface area (TPSA) is 102 Å². The summed E-state index contributed by atoms with van der Waals surface area (Å²) in [6.07, 6.45) is 0. The quantitative estimate of drug-likeness (QED) is 0.341. The number of hydrogen-bond acceptors (Lipinski definition) is 4. The van der Waals surface area contributed by atoms with Crippen molar-refractivity contribution in [3.05, 3.63) is 53.0 Å². The monoisotopic (exact) mass is 472 g/mol. The summed E-state index contributed by atoms with van der Waals surface area (Å²) in [4.78, 5) is 15.3. The van der Waals surface area contributed by atoms with Crippen LogP contribution < -0.4 is 21.1 Å². The van der Waals surface area contributed by atoms with E-state index in [-0.39, 0.29) is 35.8 Å². The smallest absolute Gasteiger partial charge is 0.284 e. The molecule has 1 unspecified atom stereocenters. The zero-order valence-electron chi connectivity index (χ0n) is 15.3. The number of methoxy groups -OCH3 is 1. The molecule has 0 aliphatic carbocycles. The van der Waals surface area contributed by atoms with Gasteiger partial charge in [-0.15, -0.1) is 24.0 Å². The summed E-state index contributed by atoms with van der Waals surface area (Å²) in [5.41, 5.74) is 7.37. The number of aliphatic imine (C=N–C) groups is 1. The fourth-order valence-electron chi connectivity index (χ4n) is 2.45. The number of carbonyl (C=O) groups excluding carboxylic acids is 1. The van der Waals surface area contributed by atoms with E-state index >= 15 is 0 Å². The van der Waals surface area contributed by atoms with Gasteiger partial charge in [-0.25, -0.2) is 0 Å². The van der Waals surface area contributed by atoms with E-state index in [1.807, 2.05) is 26.0 Å². The minimum absolute atomic E-state index is 0. The molecule has 1 heterocycles. The third-order valence-electron chi connectivity index (χ3n) is 3.76. The first kappa shape index (κ1) is 21.8. The van der Waals surface area contributed by atoms with E-state index in [0.29, 0.717) is 18.3 Å². The first-order valence-electron chi connectivity index (χ1n) is 7.94. The Morgan fingerprint density at radius 2 is 2.08 bits per heavy atom. The summed E-state index contributed by atoms with van der Waals surface area (Å²) in [6, 6.07) is 9.28. The fraction of sp³-hybridized carbons (Fsp3) is 0.333. The van der Waals surface area contributed by atoms with Crippen molar-refractivity contribution >= 4 is 35.8 Å². The molecule has 0 aliphatic rings. The molecule has 1 aromatic heterocycles. The van der Waals surface area contributed by atoms with Crippen LogP contribution in [0.15, 0.2) is 39.7 Å². The molecule has 1 amide bonds. The Kier molecular flexibility index (Phi) is 8.43. The van der Waals surface area contributed by atoms with Gasteiger partial charge in [0.25, 0.3) is 5.91 Å². The predicted octanol–water partition coefficient (Wildman–Crippen LogP) is 2.74. The molecule has 0 bridgehead atoms. The number of primary amides is 1. The number of nitrogens with zero attached hydrogens (tertiary/aromatic N) is 1. The maximum Gasteiger partial charge on any atom is 0.284 e. The van der Waals surface area contributed by atoms with Crippen LogP contribution in [0.1, 0.15) is 40.4 Å². The maximum absolute atomic E-state index is 11.1. The molecule has 0 saturated carbocycles. The van der Waals surface area contributed by atoms with Gasteiger partial charge in [-0.2, -0.15) is 0 Å². The molecule has 1 aromatic carbocycles. The number of guanidine groups is 1. The van der Waals surface area contributed by atoms with E-state index in [4.69, 9.17) is 14.9 Å². The average Bonchev–Trinajstić information content (AvgIpc) is 3.07. The molecule has 0 aliphatic heterocycles. The molecule has 2 aromatic rings. The summed E-state index contributed by atoms with van der Waals surface area (Å²) >= 11 is 0. The van der Waals surface area contributed by atoms with Crippen LogP contribution in [0.2, 0.25) is 0 Å². The molecule has 142 valence electrons. The molecule has 1 atom stereocenters. The lowest BCUT2D eigenvalue weighted by atomic mass is 10.0. The van der Waals surface area contributed by atoms with Gasteiger partial charge in [0.1, 0.15) is 11.5 Å². The SMILES string of the molecule is CN=C(NCc1ccc(C(N)=O)o1)NC(C)c1cc(C)ccc1OC.I. The van der Waals surface area contributed by atoms with Crippen LogP contribution in [0, 0.1) is 6.92 Å². The summed E-state index contributed by atoms with van der Waals surface area (Å²) in [6.45, 7) is 4.45. The Labute approximate surface area is 170 Å². The summed E-state index contributed by atoms with van der Waals surface area (Å²) < 4.78 is 10.8. The number of nitrogens with one attached hydrogen (secondary N) is 2. The van der Waals surface area contributed by atoms with Crippen LogP contribution in [0.5, 0.6) is 5.75 Å². The largest absolute Gasteiger partial charge is 0.496 e. The summed E-state index contributed by atoms with van der Waals surface area (Å²) in [7, 11) is 3.34. The number of aryl methyl sites for hydroxylation is 1. The van der Waals surface area contributed by atoms with Crippen molar-refractivity contribution in [1.29, 1.82) is 0 Å². The van der Waals surface area contributed by atoms with Crippen molar-refractivity contribution in [2.24, 2.45) is 10.7 Å². The average molecular weight is 472 g/mol. The van der Waals surface area contributed by atoms with Gasteiger partial charge in [-0.3, -0.25) is 9.79 Å². The number of ether oxygens (including phenoxy) is 1. The third-order valence-corrected chi connectivity index (χ3v) is 3.76. The molecule has 0 saturated heterocycles. The van der Waals surface area contributed by atoms with E-state index in [9.17, 15) is 4.79 Å². The number of carbonyl (C=O) groups is 1. The second kappa shape index (κ2) is 10.0. The summed E-state index contributed by atoms with van der Waals surface area (Å²) in [5.74, 6) is 1.57. The Balaban J connectivity index is 0.00000338. The van der Waals surface area contributed by atoms with Gasteiger partial charge in [0.2, 0.25) is 0 Å². The highest BCUT2D eigenvalue weighted by molar-refractivity contribution is 14.0. The zero-order valence-corrected chi connectivity index (χ0v) is 17.7. The molecule has 7 nitrogen and oxygen atoms in total. The van der Waals surface area contributed by atoms with Crippen molar-refractivity contribution in [2.45, 2.75) is 26.4 Å². The number of benzene rings is 1. The van der Waals surface area contributed by atoms with Crippen molar-refractivity contribution in [2.75, 3.05) is 14.2 Å². The fourth-order valence-corrected chi connectivity index (χ4v) is 2.45. The Bertz CT molecular complexity index is 774. The number of amides is 1. The summed E-state index contributed by atoms with van der Waals surface area (Å²) in [5, 5.41) is 6.45. The zero-order chi connectivity index (χ0) is 18.4. The lowest BCUT2D eigenvalue weighted by molar-refractivity contribution is 0.0972. The molecule has 2 rings (SSSR count). The lowest BCUT2D eigenvalue weighted by Gasteiger charge is -2.20. The Morgan fingerprint density at radius 3 is 2.65 bits per heavy atom. The van der Waals surface area contributed by atoms with Crippen LogP contribution in [0.4, 0.5) is 0 Å². The van der Waals surface area contributed by atoms with Crippen molar-refractivity contribution < 1.29 is 13.9 Å². The van der Waals surface area contributed by atoms with Crippen molar-refractivity contribution in [3.8, 4) is 5.75 Å². The molecular formula is C18H25IN4O3. The first-order valence-corrected chi connectivity index (χ1v) is 7.94. The highest BCUT2D eigenvalue weighted by Gasteiger charge is 2.14. The van der Waals surface area contributed by atoms with Crippen LogP contribution in [-0.4, -0.2) is 26.0 Å². The van der Waals surface area contributed by atoms with Crippen LogP contribution in [-0.2, 0) is 6.54 Å². The van der Waals surface area contributed by atoms with Gasteiger partial charge in [0.15, 0.2) is 11.7 Å². The molecule has 0 radical (unpaired) electrons. The second-order valence-corrected chi connectivity index (χ2v) is 5.67. The van der Waals surface area contributed by atoms with E-state index in [2.05, 4.69) is 21.7 Å². The van der Waals surface area contributed by atoms with Crippen molar-refractivity contribution in [1.82, 2.24) is 10.6 Å². The van der Waals surface area contributed by atoms with E-state index < -0.39 is 5.91 Å². The van der Waals surface area contributed by atoms with Gasteiger partial charge in [0, 0.05) is 12.6 Å². The second-order valence-electron chi connectivity index (χ2n) is 5.67. The minimum atomic E-state index is -0.589. The van der Waals surface area contributed by atoms with Gasteiger partial charge >= 0.3 is 0 Å².